The summed E-state index contributed by atoms with van der Waals surface area (Å²) < 4.78 is 28.6. The fourth-order valence-electron chi connectivity index (χ4n) is 2.63. The molecule has 0 aromatic heterocycles. The molecule has 0 unspecified atom stereocenters. The van der Waals surface area contributed by atoms with Gasteiger partial charge in [0.05, 0.1) is 4.90 Å². The highest BCUT2D eigenvalue weighted by Crippen LogP contribution is 2.37. The maximum Gasteiger partial charge on any atom is 0.307 e. The Hall–Kier alpha value is -0.520. The monoisotopic (exact) mass is 316 g/mol. The third-order valence-corrected chi connectivity index (χ3v) is 5.10. The van der Waals surface area contributed by atoms with Crippen LogP contribution in [0.5, 0.6) is 0 Å². The highest BCUT2D eigenvalue weighted by molar-refractivity contribution is 7.95. The molecule has 0 aliphatic carbocycles. The quantitative estimate of drug-likeness (QED) is 0.637. The molecular weight excluding hydrogens is 292 g/mol. The minimum atomic E-state index is -3.81. The van der Waals surface area contributed by atoms with Gasteiger partial charge in [-0.1, -0.05) is 47.6 Å². The summed E-state index contributed by atoms with van der Waals surface area (Å²) >= 11 is 3.49. The van der Waals surface area contributed by atoms with Crippen molar-refractivity contribution in [2.75, 3.05) is 0 Å². The van der Waals surface area contributed by atoms with E-state index in [1.165, 1.54) is 5.56 Å². The molecule has 0 saturated carbocycles. The summed E-state index contributed by atoms with van der Waals surface area (Å²) in [4.78, 5) is 0.232. The zero-order valence-electron chi connectivity index (χ0n) is 13.0. The second-order valence-electron chi connectivity index (χ2n) is 5.97. The molecule has 0 saturated heterocycles. The van der Waals surface area contributed by atoms with Crippen LogP contribution in [0.3, 0.4) is 0 Å². The van der Waals surface area contributed by atoms with E-state index in [9.17, 15) is 8.42 Å². The predicted molar refractivity (Wildman–Crippen MR) is 86.0 cm³/mol. The van der Waals surface area contributed by atoms with Crippen molar-refractivity contribution in [2.24, 2.45) is 0 Å². The lowest BCUT2D eigenvalue weighted by atomic mass is 9.83. The summed E-state index contributed by atoms with van der Waals surface area (Å²) in [5.74, 6) is 0.692. The molecule has 0 radical (unpaired) electrons. The molecule has 0 spiro atoms. The summed E-state index contributed by atoms with van der Waals surface area (Å²) in [5, 5.41) is 0. The molecule has 5 heteroatoms. The lowest BCUT2D eigenvalue weighted by Gasteiger charge is -2.24. The van der Waals surface area contributed by atoms with Crippen molar-refractivity contribution in [1.29, 1.82) is 0 Å². The summed E-state index contributed by atoms with van der Waals surface area (Å²) in [6.07, 6.45) is 0. The van der Waals surface area contributed by atoms with E-state index in [-0.39, 0.29) is 16.7 Å². The first kappa shape index (κ1) is 17.5. The van der Waals surface area contributed by atoms with Crippen molar-refractivity contribution in [3.05, 3.63) is 28.8 Å². The normalized spacial score (nSPS) is 12.7. The Labute approximate surface area is 128 Å². The SMILES string of the molecule is CC(C)c1ccc(S(=O)(=O)OS)c(C(C)C)c1C(C)C. The van der Waals surface area contributed by atoms with Crippen molar-refractivity contribution >= 4 is 23.0 Å². The highest BCUT2D eigenvalue weighted by atomic mass is 32.3. The van der Waals surface area contributed by atoms with Gasteiger partial charge in [-0.05, 0) is 53.4 Å². The zero-order chi connectivity index (χ0) is 15.7. The molecule has 3 nitrogen and oxygen atoms in total. The molecular formula is C15H24O3S2. The molecule has 20 heavy (non-hydrogen) atoms. The minimum Gasteiger partial charge on any atom is -0.197 e. The zero-order valence-corrected chi connectivity index (χ0v) is 14.7. The van der Waals surface area contributed by atoms with E-state index in [0.717, 1.165) is 11.1 Å². The van der Waals surface area contributed by atoms with E-state index in [1.54, 1.807) is 6.07 Å². The standard InChI is InChI=1S/C15H24O3S2/c1-9(2)12-7-8-13(20(16,17)18-19)15(11(5)6)14(12)10(3)4/h7-11,19H,1-6H3. The Morgan fingerprint density at radius 3 is 1.75 bits per heavy atom. The topological polar surface area (TPSA) is 43.4 Å². The van der Waals surface area contributed by atoms with Gasteiger partial charge in [0.1, 0.15) is 0 Å². The fraction of sp³-hybridized carbons (Fsp3) is 0.600. The summed E-state index contributed by atoms with van der Waals surface area (Å²) in [7, 11) is -3.81. The Balaban J connectivity index is 3.79. The maximum atomic E-state index is 12.1. The van der Waals surface area contributed by atoms with Crippen LogP contribution in [0.15, 0.2) is 17.0 Å². The van der Waals surface area contributed by atoms with Crippen LogP contribution in [0, 0.1) is 0 Å². The molecule has 1 aromatic carbocycles. The van der Waals surface area contributed by atoms with Crippen LogP contribution in [-0.2, 0) is 13.7 Å². The van der Waals surface area contributed by atoms with Crippen molar-refractivity contribution in [3.63, 3.8) is 0 Å². The number of benzene rings is 1. The molecule has 0 bridgehead atoms. The van der Waals surface area contributed by atoms with Crippen LogP contribution in [0.2, 0.25) is 0 Å². The largest absolute Gasteiger partial charge is 0.307 e. The van der Waals surface area contributed by atoms with Crippen LogP contribution in [0.25, 0.3) is 0 Å². The minimum absolute atomic E-state index is 0.0966. The van der Waals surface area contributed by atoms with E-state index >= 15 is 0 Å². The first-order chi connectivity index (χ1) is 9.13. The maximum absolute atomic E-state index is 12.1. The molecule has 1 rings (SSSR count). The fourth-order valence-corrected chi connectivity index (χ4v) is 3.81. The Bertz CT molecular complexity index is 573. The van der Waals surface area contributed by atoms with Gasteiger partial charge >= 0.3 is 10.1 Å². The molecule has 0 fully saturated rings. The first-order valence-corrected chi connectivity index (χ1v) is 8.65. The van der Waals surface area contributed by atoms with E-state index in [2.05, 4.69) is 44.2 Å². The van der Waals surface area contributed by atoms with Crippen molar-refractivity contribution in [1.82, 2.24) is 0 Å². The molecule has 0 N–H and O–H groups in total. The van der Waals surface area contributed by atoms with Gasteiger partial charge in [-0.3, -0.25) is 0 Å². The molecule has 114 valence electrons. The van der Waals surface area contributed by atoms with Gasteiger partial charge in [0, 0.05) is 0 Å². The number of hydrogen-bond acceptors (Lipinski definition) is 4. The molecule has 1 aromatic rings. The average Bonchev–Trinajstić information content (AvgIpc) is 2.36. The van der Waals surface area contributed by atoms with Gasteiger partial charge in [-0.2, -0.15) is 12.0 Å². The van der Waals surface area contributed by atoms with Gasteiger partial charge in [0.25, 0.3) is 0 Å². The van der Waals surface area contributed by atoms with Gasteiger partial charge in [0.2, 0.25) is 0 Å². The number of hydrogen-bond donors (Lipinski definition) is 1. The molecule has 0 atom stereocenters. The Morgan fingerprint density at radius 1 is 0.900 bits per heavy atom. The Morgan fingerprint density at radius 2 is 1.40 bits per heavy atom. The third-order valence-electron chi connectivity index (χ3n) is 3.43. The summed E-state index contributed by atoms with van der Waals surface area (Å²) in [6.45, 7) is 12.4. The van der Waals surface area contributed by atoms with Crippen LogP contribution in [0.4, 0.5) is 0 Å². The Kier molecular flexibility index (Phi) is 5.70. The van der Waals surface area contributed by atoms with E-state index in [1.807, 2.05) is 19.9 Å². The van der Waals surface area contributed by atoms with Crippen molar-refractivity contribution < 1.29 is 12.0 Å². The molecule has 0 heterocycles. The van der Waals surface area contributed by atoms with E-state index in [0.29, 0.717) is 5.92 Å². The van der Waals surface area contributed by atoms with Gasteiger partial charge in [0.15, 0.2) is 0 Å². The van der Waals surface area contributed by atoms with Crippen molar-refractivity contribution in [2.45, 2.75) is 64.2 Å². The second kappa shape index (κ2) is 6.50. The molecule has 0 aliphatic rings. The highest BCUT2D eigenvalue weighted by Gasteiger charge is 2.26. The van der Waals surface area contributed by atoms with E-state index < -0.39 is 10.1 Å². The number of thiol groups is 1. The summed E-state index contributed by atoms with van der Waals surface area (Å²) in [5.41, 5.74) is 3.16. The molecule has 0 aliphatic heterocycles. The van der Waals surface area contributed by atoms with Crippen LogP contribution >= 0.6 is 12.9 Å². The predicted octanol–water partition coefficient (Wildman–Crippen LogP) is 4.61. The lowest BCUT2D eigenvalue weighted by molar-refractivity contribution is 0.518. The van der Waals surface area contributed by atoms with Gasteiger partial charge in [-0.15, -0.1) is 0 Å². The van der Waals surface area contributed by atoms with Crippen LogP contribution in [0.1, 0.15) is 76.0 Å². The van der Waals surface area contributed by atoms with E-state index in [4.69, 9.17) is 0 Å². The first-order valence-electron chi connectivity index (χ1n) is 6.88. The summed E-state index contributed by atoms with van der Waals surface area (Å²) in [6, 6.07) is 3.54. The lowest BCUT2D eigenvalue weighted by Crippen LogP contribution is -2.12. The van der Waals surface area contributed by atoms with Gasteiger partial charge < -0.3 is 0 Å². The second-order valence-corrected chi connectivity index (χ2v) is 7.92. The third kappa shape index (κ3) is 3.38. The van der Waals surface area contributed by atoms with Crippen LogP contribution in [-0.4, -0.2) is 8.42 Å². The average molecular weight is 316 g/mol. The van der Waals surface area contributed by atoms with Gasteiger partial charge in [-0.25, -0.2) is 0 Å². The number of rotatable bonds is 5. The van der Waals surface area contributed by atoms with Crippen molar-refractivity contribution in [3.8, 4) is 0 Å². The smallest absolute Gasteiger partial charge is 0.197 e. The molecule has 0 amide bonds. The van der Waals surface area contributed by atoms with Crippen LogP contribution < -0.4 is 0 Å².